The van der Waals surface area contributed by atoms with E-state index >= 15 is 0 Å². The molecule has 0 atom stereocenters. The molecular weight excluding hydrogens is 214 g/mol. The zero-order valence-electron chi connectivity index (χ0n) is 10.6. The number of hydrogen-bond donors (Lipinski definition) is 2. The normalized spacial score (nSPS) is 15.2. The Morgan fingerprint density at radius 1 is 1.47 bits per heavy atom. The zero-order valence-corrected chi connectivity index (χ0v) is 10.6. The Balaban J connectivity index is 1.87. The number of nitrogens with one attached hydrogen (secondary N) is 1. The average Bonchev–Trinajstić information content (AvgIpc) is 3.13. The SMILES string of the molecule is CCc1c(N)ncnc1NCCN(C)C1CC1. The van der Waals surface area contributed by atoms with Gasteiger partial charge in [0.2, 0.25) is 0 Å². The van der Waals surface area contributed by atoms with E-state index in [1.54, 1.807) is 0 Å². The van der Waals surface area contributed by atoms with Gasteiger partial charge in [0.15, 0.2) is 0 Å². The molecule has 0 aliphatic heterocycles. The number of nitrogens with zero attached hydrogens (tertiary/aromatic N) is 3. The summed E-state index contributed by atoms with van der Waals surface area (Å²) in [5.41, 5.74) is 6.84. The van der Waals surface area contributed by atoms with E-state index in [-0.39, 0.29) is 0 Å². The largest absolute Gasteiger partial charge is 0.383 e. The molecule has 1 aliphatic rings. The van der Waals surface area contributed by atoms with Gasteiger partial charge in [0.1, 0.15) is 18.0 Å². The Kier molecular flexibility index (Phi) is 3.78. The highest BCUT2D eigenvalue weighted by atomic mass is 15.2. The quantitative estimate of drug-likeness (QED) is 0.773. The Bertz CT molecular complexity index is 375. The summed E-state index contributed by atoms with van der Waals surface area (Å²) in [4.78, 5) is 10.6. The summed E-state index contributed by atoms with van der Waals surface area (Å²) in [7, 11) is 2.18. The van der Waals surface area contributed by atoms with E-state index in [9.17, 15) is 0 Å². The van der Waals surface area contributed by atoms with Crippen LogP contribution in [-0.4, -0.2) is 41.0 Å². The van der Waals surface area contributed by atoms with Crippen LogP contribution in [0.25, 0.3) is 0 Å². The van der Waals surface area contributed by atoms with Crippen LogP contribution in [0.3, 0.4) is 0 Å². The van der Waals surface area contributed by atoms with Crippen molar-refractivity contribution < 1.29 is 0 Å². The fraction of sp³-hybridized carbons (Fsp3) is 0.667. The average molecular weight is 235 g/mol. The van der Waals surface area contributed by atoms with Crippen molar-refractivity contribution in [2.45, 2.75) is 32.2 Å². The lowest BCUT2D eigenvalue weighted by Crippen LogP contribution is -2.27. The molecule has 2 rings (SSSR count). The van der Waals surface area contributed by atoms with Crippen LogP contribution in [0, 0.1) is 0 Å². The van der Waals surface area contributed by atoms with Crippen molar-refractivity contribution in [3.8, 4) is 0 Å². The van der Waals surface area contributed by atoms with E-state index in [4.69, 9.17) is 5.73 Å². The van der Waals surface area contributed by atoms with Gasteiger partial charge in [-0.25, -0.2) is 9.97 Å². The van der Waals surface area contributed by atoms with Crippen molar-refractivity contribution in [2.24, 2.45) is 0 Å². The van der Waals surface area contributed by atoms with E-state index in [1.807, 2.05) is 0 Å². The molecule has 0 radical (unpaired) electrons. The van der Waals surface area contributed by atoms with Crippen LogP contribution in [0.2, 0.25) is 0 Å². The van der Waals surface area contributed by atoms with Gasteiger partial charge in [-0.1, -0.05) is 6.92 Å². The highest BCUT2D eigenvalue weighted by Crippen LogP contribution is 2.25. The molecule has 1 aromatic heterocycles. The number of anilines is 2. The molecule has 5 nitrogen and oxygen atoms in total. The van der Waals surface area contributed by atoms with E-state index in [1.165, 1.54) is 19.2 Å². The molecule has 5 heteroatoms. The molecule has 17 heavy (non-hydrogen) atoms. The van der Waals surface area contributed by atoms with E-state index in [0.29, 0.717) is 5.82 Å². The second kappa shape index (κ2) is 5.31. The predicted octanol–water partition coefficient (Wildman–Crippen LogP) is 1.13. The van der Waals surface area contributed by atoms with Crippen molar-refractivity contribution in [1.29, 1.82) is 0 Å². The third kappa shape index (κ3) is 3.06. The van der Waals surface area contributed by atoms with Gasteiger partial charge in [-0.3, -0.25) is 0 Å². The molecule has 0 unspecified atom stereocenters. The molecule has 0 saturated heterocycles. The number of nitrogens with two attached hydrogens (primary N) is 1. The number of hydrogen-bond acceptors (Lipinski definition) is 5. The number of aromatic nitrogens is 2. The first-order valence-electron chi connectivity index (χ1n) is 6.25. The zero-order chi connectivity index (χ0) is 12.3. The maximum atomic E-state index is 5.82. The van der Waals surface area contributed by atoms with Gasteiger partial charge in [-0.15, -0.1) is 0 Å². The summed E-state index contributed by atoms with van der Waals surface area (Å²) in [6.45, 7) is 4.00. The standard InChI is InChI=1S/C12H21N5/c1-3-10-11(13)15-8-16-12(10)14-6-7-17(2)9-4-5-9/h8-9H,3-7H2,1-2H3,(H3,13,14,15,16). The Morgan fingerprint density at radius 3 is 2.88 bits per heavy atom. The van der Waals surface area contributed by atoms with Crippen molar-refractivity contribution in [2.75, 3.05) is 31.2 Å². The van der Waals surface area contributed by atoms with Crippen molar-refractivity contribution in [1.82, 2.24) is 14.9 Å². The summed E-state index contributed by atoms with van der Waals surface area (Å²) in [6.07, 6.45) is 5.06. The van der Waals surface area contributed by atoms with Crippen molar-refractivity contribution in [3.63, 3.8) is 0 Å². The van der Waals surface area contributed by atoms with Gasteiger partial charge < -0.3 is 16.0 Å². The summed E-state index contributed by atoms with van der Waals surface area (Å²) < 4.78 is 0. The van der Waals surface area contributed by atoms with E-state index in [0.717, 1.165) is 36.9 Å². The monoisotopic (exact) mass is 235 g/mol. The Labute approximate surface area is 102 Å². The molecule has 1 aliphatic carbocycles. The predicted molar refractivity (Wildman–Crippen MR) is 70.0 cm³/mol. The minimum absolute atomic E-state index is 0.584. The lowest BCUT2D eigenvalue weighted by atomic mass is 10.2. The Hall–Kier alpha value is -1.36. The van der Waals surface area contributed by atoms with Crippen molar-refractivity contribution >= 4 is 11.6 Å². The van der Waals surface area contributed by atoms with Gasteiger partial charge >= 0.3 is 0 Å². The van der Waals surface area contributed by atoms with Gasteiger partial charge in [-0.2, -0.15) is 0 Å². The minimum Gasteiger partial charge on any atom is -0.383 e. The molecule has 0 bridgehead atoms. The second-order valence-electron chi connectivity index (χ2n) is 4.58. The van der Waals surface area contributed by atoms with Gasteiger partial charge in [0, 0.05) is 24.7 Å². The number of likely N-dealkylation sites (N-methyl/N-ethyl adjacent to an activating group) is 1. The smallest absolute Gasteiger partial charge is 0.134 e. The van der Waals surface area contributed by atoms with Crippen LogP contribution in [0.15, 0.2) is 6.33 Å². The lowest BCUT2D eigenvalue weighted by molar-refractivity contribution is 0.337. The first-order valence-corrected chi connectivity index (χ1v) is 6.25. The van der Waals surface area contributed by atoms with Crippen LogP contribution < -0.4 is 11.1 Å². The highest BCUT2D eigenvalue weighted by molar-refractivity contribution is 5.54. The van der Waals surface area contributed by atoms with Crippen LogP contribution in [0.1, 0.15) is 25.3 Å². The number of rotatable bonds is 6. The Morgan fingerprint density at radius 2 is 2.24 bits per heavy atom. The third-order valence-corrected chi connectivity index (χ3v) is 3.26. The summed E-state index contributed by atoms with van der Waals surface area (Å²) in [5, 5.41) is 3.35. The molecule has 1 heterocycles. The first kappa shape index (κ1) is 12.1. The fourth-order valence-electron chi connectivity index (χ4n) is 1.98. The molecule has 0 amide bonds. The maximum Gasteiger partial charge on any atom is 0.134 e. The summed E-state index contributed by atoms with van der Waals surface area (Å²) in [5.74, 6) is 1.46. The molecule has 1 fully saturated rings. The van der Waals surface area contributed by atoms with Crippen LogP contribution in [-0.2, 0) is 6.42 Å². The molecule has 1 aromatic rings. The van der Waals surface area contributed by atoms with Crippen molar-refractivity contribution in [3.05, 3.63) is 11.9 Å². The van der Waals surface area contributed by atoms with E-state index < -0.39 is 0 Å². The minimum atomic E-state index is 0.584. The molecular formula is C12H21N5. The summed E-state index contributed by atoms with van der Waals surface area (Å²) >= 11 is 0. The van der Waals surface area contributed by atoms with Crippen LogP contribution in [0.5, 0.6) is 0 Å². The first-order chi connectivity index (χ1) is 8.22. The molecule has 0 aromatic carbocycles. The molecule has 94 valence electrons. The molecule has 0 spiro atoms. The van der Waals surface area contributed by atoms with E-state index in [2.05, 4.69) is 34.2 Å². The fourth-order valence-corrected chi connectivity index (χ4v) is 1.98. The van der Waals surface area contributed by atoms with Gasteiger partial charge in [0.05, 0.1) is 0 Å². The molecule has 1 saturated carbocycles. The second-order valence-corrected chi connectivity index (χ2v) is 4.58. The molecule has 3 N–H and O–H groups in total. The maximum absolute atomic E-state index is 5.82. The van der Waals surface area contributed by atoms with Crippen LogP contribution in [0.4, 0.5) is 11.6 Å². The van der Waals surface area contributed by atoms with Gasteiger partial charge in [0.25, 0.3) is 0 Å². The number of nitrogen functional groups attached to an aromatic ring is 1. The summed E-state index contributed by atoms with van der Waals surface area (Å²) in [6, 6.07) is 0.804. The topological polar surface area (TPSA) is 67.1 Å². The highest BCUT2D eigenvalue weighted by Gasteiger charge is 2.25. The van der Waals surface area contributed by atoms with Gasteiger partial charge in [-0.05, 0) is 26.3 Å². The third-order valence-electron chi connectivity index (χ3n) is 3.26. The lowest BCUT2D eigenvalue weighted by Gasteiger charge is -2.17. The van der Waals surface area contributed by atoms with Crippen LogP contribution >= 0.6 is 0 Å².